The highest BCUT2D eigenvalue weighted by atomic mass is 19.1. The van der Waals surface area contributed by atoms with Crippen LogP contribution in [-0.2, 0) is 20.1 Å². The first-order valence-corrected chi connectivity index (χ1v) is 9.27. The fourth-order valence-electron chi connectivity index (χ4n) is 3.67. The molecule has 0 aliphatic carbocycles. The van der Waals surface area contributed by atoms with Gasteiger partial charge in [-0.2, -0.15) is 5.10 Å². The molecule has 1 amide bonds. The van der Waals surface area contributed by atoms with Crippen LogP contribution >= 0.6 is 0 Å². The van der Waals surface area contributed by atoms with Gasteiger partial charge in [0, 0.05) is 24.2 Å². The van der Waals surface area contributed by atoms with Gasteiger partial charge < -0.3 is 9.64 Å². The predicted octanol–water partition coefficient (Wildman–Crippen LogP) is 4.08. The van der Waals surface area contributed by atoms with E-state index in [4.69, 9.17) is 11.6 Å². The summed E-state index contributed by atoms with van der Waals surface area (Å²) in [7, 11) is -1.06. The molecule has 8 heteroatoms. The van der Waals surface area contributed by atoms with Gasteiger partial charge in [0.15, 0.2) is 0 Å². The topological polar surface area (TPSA) is 60.2 Å². The molecule has 0 fully saturated rings. The highest BCUT2D eigenvalue weighted by molar-refractivity contribution is 5.98. The van der Waals surface area contributed by atoms with E-state index < -0.39 is 43.2 Å². The molecule has 6 nitrogen and oxygen atoms in total. The van der Waals surface area contributed by atoms with E-state index in [2.05, 4.69) is 10.1 Å². The van der Waals surface area contributed by atoms with Crippen molar-refractivity contribution in [3.63, 3.8) is 0 Å². The molecule has 0 radical (unpaired) electrons. The average molecular weight is 425 g/mol. The standard InChI is InChI=1S/C23H18F2N4O2/c1-28-10-17-15(4-3-5-21(17)27-28)13-6-19(24)18(20(25)7-13)11-29-12-22-16(23(29)30)8-14(31-2)9-26-22/h3-10H,11-12H2,1-2H3/i2D3,12D2. The molecule has 3 heterocycles. The molecule has 2 aromatic carbocycles. The molecule has 0 N–H and O–H groups in total. The summed E-state index contributed by atoms with van der Waals surface area (Å²) in [6.45, 7) is -3.21. The molecule has 1 aliphatic heterocycles. The Bertz CT molecular complexity index is 1510. The van der Waals surface area contributed by atoms with Gasteiger partial charge in [0.25, 0.3) is 5.91 Å². The zero-order chi connectivity index (χ0) is 26.0. The van der Waals surface area contributed by atoms with Gasteiger partial charge in [-0.15, -0.1) is 0 Å². The van der Waals surface area contributed by atoms with Crippen molar-refractivity contribution in [2.75, 3.05) is 7.04 Å². The number of nitrogens with zero attached hydrogens (tertiary/aromatic N) is 4. The van der Waals surface area contributed by atoms with E-state index >= 15 is 8.78 Å². The Morgan fingerprint density at radius 1 is 1.23 bits per heavy atom. The molecule has 0 saturated heterocycles. The highest BCUT2D eigenvalue weighted by Crippen LogP contribution is 2.32. The lowest BCUT2D eigenvalue weighted by Gasteiger charge is -2.17. The Morgan fingerprint density at radius 2 is 2.03 bits per heavy atom. The Labute approximate surface area is 183 Å². The van der Waals surface area contributed by atoms with Gasteiger partial charge in [-0.3, -0.25) is 14.5 Å². The van der Waals surface area contributed by atoms with Gasteiger partial charge in [-0.05, 0) is 35.4 Å². The lowest BCUT2D eigenvalue weighted by Crippen LogP contribution is -2.24. The van der Waals surface area contributed by atoms with Gasteiger partial charge in [-0.25, -0.2) is 8.78 Å². The van der Waals surface area contributed by atoms with Crippen molar-refractivity contribution in [2.24, 2.45) is 7.05 Å². The van der Waals surface area contributed by atoms with Crippen LogP contribution in [0.2, 0.25) is 0 Å². The summed E-state index contributed by atoms with van der Waals surface area (Å²) in [4.78, 5) is 17.5. The number of carbonyl (C=O) groups excluding carboxylic acids is 1. The van der Waals surface area contributed by atoms with Crippen LogP contribution in [0.1, 0.15) is 28.5 Å². The second-order valence-electron chi connectivity index (χ2n) is 7.13. The number of halogens is 2. The first kappa shape index (κ1) is 14.2. The minimum atomic E-state index is -2.80. The summed E-state index contributed by atoms with van der Waals surface area (Å²) >= 11 is 0. The molecule has 156 valence electrons. The van der Waals surface area contributed by atoms with Crippen LogP contribution in [0.25, 0.3) is 22.0 Å². The van der Waals surface area contributed by atoms with Crippen LogP contribution in [0.3, 0.4) is 0 Å². The molecular formula is C23H18F2N4O2. The number of pyridine rings is 1. The largest absolute Gasteiger partial charge is 0.495 e. The van der Waals surface area contributed by atoms with Gasteiger partial charge in [0.05, 0.1) is 49.9 Å². The average Bonchev–Trinajstić information content (AvgIpc) is 3.24. The first-order chi connectivity index (χ1) is 16.8. The number of rotatable bonds is 4. The second-order valence-corrected chi connectivity index (χ2v) is 7.13. The minimum absolute atomic E-state index is 0.248. The van der Waals surface area contributed by atoms with Crippen LogP contribution < -0.4 is 4.74 Å². The normalized spacial score (nSPS) is 17.6. The summed E-state index contributed by atoms with van der Waals surface area (Å²) in [6.07, 6.45) is 2.72. The van der Waals surface area contributed by atoms with Crippen molar-refractivity contribution in [2.45, 2.75) is 13.0 Å². The number of methoxy groups -OCH3 is 1. The van der Waals surface area contributed by atoms with Crippen LogP contribution in [0, 0.1) is 11.6 Å². The van der Waals surface area contributed by atoms with E-state index in [0.29, 0.717) is 21.4 Å². The molecular weight excluding hydrogens is 402 g/mol. The number of aromatic nitrogens is 3. The lowest BCUT2D eigenvalue weighted by molar-refractivity contribution is 0.0763. The fraction of sp³-hybridized carbons (Fsp3) is 0.174. The molecule has 0 spiro atoms. The molecule has 2 aromatic heterocycles. The maximum atomic E-state index is 15.2. The van der Waals surface area contributed by atoms with Crippen LogP contribution in [0.4, 0.5) is 8.78 Å². The van der Waals surface area contributed by atoms with Crippen LogP contribution in [-0.4, -0.2) is 32.6 Å². The molecule has 1 aliphatic rings. The van der Waals surface area contributed by atoms with E-state index in [1.54, 1.807) is 36.1 Å². The smallest absolute Gasteiger partial charge is 0.256 e. The minimum Gasteiger partial charge on any atom is -0.495 e. The van der Waals surface area contributed by atoms with E-state index in [-0.39, 0.29) is 22.6 Å². The van der Waals surface area contributed by atoms with Gasteiger partial charge in [0.1, 0.15) is 17.4 Å². The zero-order valence-corrected chi connectivity index (χ0v) is 16.2. The Balaban J connectivity index is 1.49. The van der Waals surface area contributed by atoms with E-state index in [9.17, 15) is 4.79 Å². The summed E-state index contributed by atoms with van der Waals surface area (Å²) in [5.74, 6) is -3.07. The van der Waals surface area contributed by atoms with E-state index in [1.807, 2.05) is 0 Å². The van der Waals surface area contributed by atoms with Crippen molar-refractivity contribution >= 4 is 16.8 Å². The number of ether oxygens (including phenoxy) is 1. The zero-order valence-electron chi connectivity index (χ0n) is 21.2. The quantitative estimate of drug-likeness (QED) is 0.494. The molecule has 0 saturated carbocycles. The SMILES string of the molecule is [2H]C([2H])([2H])Oc1cnc2c(c1)C(=O)N(Cc1c(F)cc(-c3cccc4nn(C)cc34)cc1F)C2([2H])[2H]. The highest BCUT2D eigenvalue weighted by Gasteiger charge is 2.30. The van der Waals surface area contributed by atoms with E-state index in [1.165, 1.54) is 0 Å². The third-order valence-corrected chi connectivity index (χ3v) is 5.13. The molecule has 31 heavy (non-hydrogen) atoms. The van der Waals surface area contributed by atoms with E-state index in [0.717, 1.165) is 24.4 Å². The van der Waals surface area contributed by atoms with Gasteiger partial charge >= 0.3 is 0 Å². The van der Waals surface area contributed by atoms with Gasteiger partial charge in [0.2, 0.25) is 0 Å². The number of amides is 1. The third-order valence-electron chi connectivity index (χ3n) is 5.13. The Hall–Kier alpha value is -3.81. The van der Waals surface area contributed by atoms with Crippen molar-refractivity contribution in [1.82, 2.24) is 19.7 Å². The number of aryl methyl sites for hydroxylation is 1. The van der Waals surface area contributed by atoms with Crippen molar-refractivity contribution < 1.29 is 25.2 Å². The number of hydrogen-bond acceptors (Lipinski definition) is 4. The van der Waals surface area contributed by atoms with Gasteiger partial charge in [-0.1, -0.05) is 12.1 Å². The summed E-state index contributed by atoms with van der Waals surface area (Å²) in [5, 5.41) is 5.00. The molecule has 0 bridgehead atoms. The van der Waals surface area contributed by atoms with Crippen LogP contribution in [0.5, 0.6) is 5.75 Å². The lowest BCUT2D eigenvalue weighted by atomic mass is 9.99. The maximum Gasteiger partial charge on any atom is 0.256 e. The molecule has 4 aromatic rings. The molecule has 0 atom stereocenters. The third kappa shape index (κ3) is 3.20. The summed E-state index contributed by atoms with van der Waals surface area (Å²) in [6, 6.07) is 8.52. The number of carbonyl (C=O) groups is 1. The Kier molecular flexibility index (Phi) is 3.29. The summed E-state index contributed by atoms with van der Waals surface area (Å²) in [5.41, 5.74) is 0.438. The molecule has 5 rings (SSSR count). The first-order valence-electron chi connectivity index (χ1n) is 11.8. The predicted molar refractivity (Wildman–Crippen MR) is 110 cm³/mol. The van der Waals surface area contributed by atoms with Crippen molar-refractivity contribution in [3.05, 3.63) is 77.2 Å². The Morgan fingerprint density at radius 3 is 2.81 bits per heavy atom. The fourth-order valence-corrected chi connectivity index (χ4v) is 3.67. The number of fused-ring (bicyclic) bond motifs is 2. The summed E-state index contributed by atoms with van der Waals surface area (Å²) < 4.78 is 75.0. The van der Waals surface area contributed by atoms with Crippen molar-refractivity contribution in [1.29, 1.82) is 0 Å². The number of hydrogen-bond donors (Lipinski definition) is 0. The maximum absolute atomic E-state index is 15.2. The second kappa shape index (κ2) is 7.16. The number of benzene rings is 2. The monoisotopic (exact) mass is 425 g/mol. The van der Waals surface area contributed by atoms with Crippen molar-refractivity contribution in [3.8, 4) is 16.9 Å². The molecule has 0 unspecified atom stereocenters. The van der Waals surface area contributed by atoms with Crippen LogP contribution in [0.15, 0.2) is 48.8 Å².